The van der Waals surface area contributed by atoms with Crippen LogP contribution in [-0.4, -0.2) is 29.8 Å². The summed E-state index contributed by atoms with van der Waals surface area (Å²) in [5.41, 5.74) is 6.23. The Morgan fingerprint density at radius 2 is 2.36 bits per heavy atom. The summed E-state index contributed by atoms with van der Waals surface area (Å²) in [4.78, 5) is 19.9. The van der Waals surface area contributed by atoms with E-state index in [9.17, 15) is 9.18 Å². The first-order chi connectivity index (χ1) is 10.7. The zero-order valence-electron chi connectivity index (χ0n) is 12.6. The van der Waals surface area contributed by atoms with Crippen molar-refractivity contribution in [2.45, 2.75) is 38.6 Å². The van der Waals surface area contributed by atoms with Crippen molar-refractivity contribution < 1.29 is 13.9 Å². The van der Waals surface area contributed by atoms with Crippen molar-refractivity contribution in [2.75, 3.05) is 6.61 Å². The Morgan fingerprint density at radius 3 is 3.00 bits per heavy atom. The molecule has 0 amide bonds. The molecule has 1 saturated carbocycles. The van der Waals surface area contributed by atoms with Crippen molar-refractivity contribution in [2.24, 2.45) is 10.7 Å². The van der Waals surface area contributed by atoms with E-state index in [1.165, 1.54) is 12.3 Å². The number of esters is 1. The number of aliphatic imine (C=N–C) groups is 1. The quantitative estimate of drug-likeness (QED) is 0.477. The first-order valence-corrected chi connectivity index (χ1v) is 7.43. The van der Waals surface area contributed by atoms with E-state index < -0.39 is 11.8 Å². The number of carbonyl (C=O) groups is 1. The van der Waals surface area contributed by atoms with Crippen LogP contribution in [0.5, 0.6) is 0 Å². The third-order valence-electron chi connectivity index (χ3n) is 3.26. The highest BCUT2D eigenvalue weighted by Gasteiger charge is 2.20. The molecule has 2 rings (SSSR count). The summed E-state index contributed by atoms with van der Waals surface area (Å²) in [5.74, 6) is -1.12. The van der Waals surface area contributed by atoms with Gasteiger partial charge in [-0.3, -0.25) is 4.99 Å². The fourth-order valence-corrected chi connectivity index (χ4v) is 1.77. The molecule has 1 aromatic rings. The molecule has 0 unspecified atom stereocenters. The molecule has 22 heavy (non-hydrogen) atoms. The molecule has 2 N–H and O–H groups in total. The van der Waals surface area contributed by atoms with Crippen LogP contribution >= 0.6 is 0 Å². The van der Waals surface area contributed by atoms with Gasteiger partial charge in [-0.25, -0.2) is 14.2 Å². The molecule has 1 aromatic heterocycles. The van der Waals surface area contributed by atoms with E-state index in [0.717, 1.165) is 31.9 Å². The van der Waals surface area contributed by atoms with Crippen molar-refractivity contribution in [1.29, 1.82) is 0 Å². The predicted molar refractivity (Wildman–Crippen MR) is 83.1 cm³/mol. The number of rotatable bonds is 7. The molecular weight excluding hydrogens is 285 g/mol. The fourth-order valence-electron chi connectivity index (χ4n) is 1.77. The average Bonchev–Trinajstić information content (AvgIpc) is 3.34. The van der Waals surface area contributed by atoms with Crippen LogP contribution in [0.15, 0.2) is 23.5 Å². The van der Waals surface area contributed by atoms with E-state index in [2.05, 4.69) is 9.98 Å². The first-order valence-electron chi connectivity index (χ1n) is 7.43. The molecule has 6 heteroatoms. The lowest BCUT2D eigenvalue weighted by molar-refractivity contribution is 0.0492. The Labute approximate surface area is 129 Å². The summed E-state index contributed by atoms with van der Waals surface area (Å²) >= 11 is 0. The van der Waals surface area contributed by atoms with Gasteiger partial charge >= 0.3 is 5.97 Å². The predicted octanol–water partition coefficient (Wildman–Crippen LogP) is 2.71. The topological polar surface area (TPSA) is 77.6 Å². The van der Waals surface area contributed by atoms with E-state index in [1.807, 2.05) is 6.92 Å². The zero-order valence-corrected chi connectivity index (χ0v) is 12.6. The number of aromatic nitrogens is 1. The van der Waals surface area contributed by atoms with E-state index >= 15 is 0 Å². The number of carbonyl (C=O) groups excluding carboxylic acids is 1. The molecule has 0 bridgehead atoms. The summed E-state index contributed by atoms with van der Waals surface area (Å²) < 4.78 is 19.0. The lowest BCUT2D eigenvalue weighted by atomic mass is 10.1. The normalized spacial score (nSPS) is 15.3. The molecule has 0 aromatic carbocycles. The molecule has 0 radical (unpaired) electrons. The van der Waals surface area contributed by atoms with Crippen LogP contribution in [0, 0.1) is 5.82 Å². The highest BCUT2D eigenvalue weighted by atomic mass is 19.1. The van der Waals surface area contributed by atoms with Crippen LogP contribution in [0.25, 0.3) is 5.57 Å². The van der Waals surface area contributed by atoms with Gasteiger partial charge in [-0.05, 0) is 25.3 Å². The van der Waals surface area contributed by atoms with E-state index in [1.54, 1.807) is 6.21 Å². The van der Waals surface area contributed by atoms with Gasteiger partial charge < -0.3 is 10.5 Å². The minimum atomic E-state index is -0.565. The largest absolute Gasteiger partial charge is 0.461 e. The van der Waals surface area contributed by atoms with Gasteiger partial charge in [0.2, 0.25) is 0 Å². The molecule has 118 valence electrons. The number of ether oxygens (including phenoxy) is 1. The number of halogens is 1. The molecule has 0 spiro atoms. The maximum atomic E-state index is 13.9. The van der Waals surface area contributed by atoms with Gasteiger partial charge in [-0.2, -0.15) is 0 Å². The second kappa shape index (κ2) is 7.68. The molecule has 1 aliphatic rings. The number of hydrogen-bond donors (Lipinski definition) is 1. The minimum Gasteiger partial charge on any atom is -0.461 e. The Hall–Kier alpha value is -2.24. The van der Waals surface area contributed by atoms with Crippen molar-refractivity contribution in [1.82, 2.24) is 4.98 Å². The van der Waals surface area contributed by atoms with Crippen LogP contribution in [0.2, 0.25) is 0 Å². The molecule has 0 saturated heterocycles. The highest BCUT2D eigenvalue weighted by molar-refractivity contribution is 6.10. The van der Waals surface area contributed by atoms with Gasteiger partial charge in [0.25, 0.3) is 0 Å². The van der Waals surface area contributed by atoms with Crippen LogP contribution in [0.1, 0.15) is 48.7 Å². The van der Waals surface area contributed by atoms with Gasteiger partial charge in [0.05, 0.1) is 18.8 Å². The number of allylic oxidation sites excluding steroid dienone is 1. The summed E-state index contributed by atoms with van der Waals surface area (Å²) in [5, 5.41) is 0. The summed E-state index contributed by atoms with van der Waals surface area (Å²) in [6.07, 6.45) is 7.61. The monoisotopic (exact) mass is 305 g/mol. The number of unbranched alkanes of at least 4 members (excludes halogenated alkanes) is 1. The Kier molecular flexibility index (Phi) is 5.63. The minimum absolute atomic E-state index is 0.0617. The molecular formula is C16H20FN3O2. The zero-order chi connectivity index (χ0) is 15.9. The smallest absolute Gasteiger partial charge is 0.356 e. The molecule has 0 atom stereocenters. The number of nitrogens with zero attached hydrogens (tertiary/aromatic N) is 2. The Balaban J connectivity index is 2.16. The second-order valence-electron chi connectivity index (χ2n) is 5.17. The summed E-state index contributed by atoms with van der Waals surface area (Å²) in [6.45, 7) is 2.33. The Bertz CT molecular complexity index is 595. The Morgan fingerprint density at radius 1 is 1.59 bits per heavy atom. The van der Waals surface area contributed by atoms with E-state index in [4.69, 9.17) is 10.5 Å². The number of nitrogens with two attached hydrogens (primary N) is 1. The molecule has 1 aliphatic carbocycles. The van der Waals surface area contributed by atoms with E-state index in [0.29, 0.717) is 18.2 Å². The fraction of sp³-hybridized carbons (Fsp3) is 0.438. The molecule has 1 heterocycles. The van der Waals surface area contributed by atoms with Gasteiger partial charge in [0.1, 0.15) is 11.5 Å². The van der Waals surface area contributed by atoms with Gasteiger partial charge in [0.15, 0.2) is 0 Å². The lowest BCUT2D eigenvalue weighted by Gasteiger charge is -2.07. The molecule has 0 aliphatic heterocycles. The third-order valence-corrected chi connectivity index (χ3v) is 3.26. The number of hydrogen-bond acceptors (Lipinski definition) is 5. The third kappa shape index (κ3) is 4.38. The second-order valence-corrected chi connectivity index (χ2v) is 5.17. The standard InChI is InChI=1S/C16H20FN3O2/c1-2-3-6-22-16(21)15-7-13(14(17)10-20-15)11(8-18)9-19-12-4-5-12/h7-10,12H,2-6,18H2,1H3/b11-8+,19-9?. The number of pyridine rings is 1. The molecule has 1 fully saturated rings. The van der Waals surface area contributed by atoms with Gasteiger partial charge in [0, 0.05) is 23.6 Å². The first kappa shape index (κ1) is 16.1. The SMILES string of the molecule is CCCCOC(=O)c1cc(/C(C=NC2CC2)=C/N)c(F)cn1. The average molecular weight is 305 g/mol. The van der Waals surface area contributed by atoms with Crippen LogP contribution in [0.3, 0.4) is 0 Å². The maximum absolute atomic E-state index is 13.9. The van der Waals surface area contributed by atoms with Crippen molar-refractivity contribution >= 4 is 17.8 Å². The summed E-state index contributed by atoms with van der Waals surface area (Å²) in [7, 11) is 0. The van der Waals surface area contributed by atoms with Gasteiger partial charge in [-0.1, -0.05) is 13.3 Å². The van der Waals surface area contributed by atoms with E-state index in [-0.39, 0.29) is 11.3 Å². The van der Waals surface area contributed by atoms with Crippen molar-refractivity contribution in [3.05, 3.63) is 35.5 Å². The summed E-state index contributed by atoms with van der Waals surface area (Å²) in [6, 6.07) is 1.65. The molecule has 5 nitrogen and oxygen atoms in total. The van der Waals surface area contributed by atoms with Crippen LogP contribution in [0.4, 0.5) is 4.39 Å². The lowest BCUT2D eigenvalue weighted by Crippen LogP contribution is -2.10. The van der Waals surface area contributed by atoms with Crippen LogP contribution < -0.4 is 5.73 Å². The van der Waals surface area contributed by atoms with Crippen molar-refractivity contribution in [3.63, 3.8) is 0 Å². The van der Waals surface area contributed by atoms with Crippen LogP contribution in [-0.2, 0) is 4.74 Å². The maximum Gasteiger partial charge on any atom is 0.356 e. The van der Waals surface area contributed by atoms with Gasteiger partial charge in [-0.15, -0.1) is 0 Å². The highest BCUT2D eigenvalue weighted by Crippen LogP contribution is 2.24. The van der Waals surface area contributed by atoms with Crippen molar-refractivity contribution in [3.8, 4) is 0 Å².